The van der Waals surface area contributed by atoms with Crippen molar-refractivity contribution in [1.29, 1.82) is 0 Å². The zero-order valence-electron chi connectivity index (χ0n) is 35.8. The molecule has 5 atom stereocenters. The summed E-state index contributed by atoms with van der Waals surface area (Å²) in [7, 11) is 0. The van der Waals surface area contributed by atoms with Crippen LogP contribution in [0.4, 0.5) is 10.5 Å². The Morgan fingerprint density at radius 3 is 2.20 bits per heavy atom. The molecule has 1 unspecified atom stereocenters. The minimum Gasteiger partial charge on any atom is -0.445 e. The van der Waals surface area contributed by atoms with Crippen molar-refractivity contribution < 1.29 is 38.5 Å². The first-order chi connectivity index (χ1) is 31.2. The van der Waals surface area contributed by atoms with E-state index in [1.807, 2.05) is 121 Å². The van der Waals surface area contributed by atoms with Gasteiger partial charge in [0.25, 0.3) is 5.91 Å². The molecule has 4 aliphatic heterocycles. The summed E-state index contributed by atoms with van der Waals surface area (Å²) in [5.74, 6) is -0.749. The van der Waals surface area contributed by atoms with Crippen molar-refractivity contribution >= 4 is 29.5 Å². The van der Waals surface area contributed by atoms with Crippen LogP contribution in [0.2, 0.25) is 0 Å². The first-order valence-electron chi connectivity index (χ1n) is 22.0. The maximum Gasteiger partial charge on any atom is 0.408 e. The molecule has 9 rings (SSSR count). The van der Waals surface area contributed by atoms with Crippen LogP contribution in [0.5, 0.6) is 0 Å². The summed E-state index contributed by atoms with van der Waals surface area (Å²) < 4.78 is 18.9. The minimum absolute atomic E-state index is 0.00128. The van der Waals surface area contributed by atoms with E-state index in [4.69, 9.17) is 14.2 Å². The molecule has 0 saturated carbocycles. The number of para-hydroxylation sites is 1. The van der Waals surface area contributed by atoms with Gasteiger partial charge in [-0.25, -0.2) is 4.79 Å². The highest BCUT2D eigenvalue weighted by Crippen LogP contribution is 2.43. The smallest absolute Gasteiger partial charge is 0.408 e. The fraction of sp³-hybridized carbons (Fsp3) is 0.333. The Kier molecular flexibility index (Phi) is 12.6. The van der Waals surface area contributed by atoms with Crippen LogP contribution >= 0.6 is 0 Å². The molecule has 13 heteroatoms. The van der Waals surface area contributed by atoms with Crippen molar-refractivity contribution in [3.05, 3.63) is 161 Å². The Labute approximate surface area is 372 Å². The SMILES string of the molecule is C[C@@H]1[C@H](CN2CCC3(CC2)C(=O)NCN3c2ccccc2)O[C@H](c2ccc(-c3cccc(CN4C(=O)CC(NC(=O)OCc5ccccc5)C4=O)c3)cc2)O[C@@H]1c1ccc(CO)cc1. The number of benzene rings is 5. The summed E-state index contributed by atoms with van der Waals surface area (Å²) in [6.45, 7) is 4.93. The first kappa shape index (κ1) is 42.9. The highest BCUT2D eigenvalue weighted by Gasteiger charge is 2.51. The third kappa shape index (κ3) is 9.02. The topological polar surface area (TPSA) is 150 Å². The highest BCUT2D eigenvalue weighted by atomic mass is 16.7. The summed E-state index contributed by atoms with van der Waals surface area (Å²) in [5, 5.41) is 15.4. The number of likely N-dealkylation sites (tertiary alicyclic amines) is 2. The van der Waals surface area contributed by atoms with E-state index in [9.17, 15) is 24.3 Å². The lowest BCUT2D eigenvalue weighted by Gasteiger charge is -2.46. The van der Waals surface area contributed by atoms with Crippen molar-refractivity contribution in [3.8, 4) is 11.1 Å². The van der Waals surface area contributed by atoms with Gasteiger partial charge in [0.2, 0.25) is 11.8 Å². The lowest BCUT2D eigenvalue weighted by atomic mass is 9.84. The molecular weight excluding hydrogens is 811 g/mol. The second-order valence-corrected chi connectivity index (χ2v) is 17.2. The van der Waals surface area contributed by atoms with Crippen LogP contribution in [0.15, 0.2) is 133 Å². The monoisotopic (exact) mass is 863 g/mol. The number of carbonyl (C=O) groups excluding carboxylic acids is 4. The third-order valence-corrected chi connectivity index (χ3v) is 13.2. The summed E-state index contributed by atoms with van der Waals surface area (Å²) >= 11 is 0. The molecule has 0 bridgehead atoms. The van der Waals surface area contributed by atoms with Crippen LogP contribution in [0.25, 0.3) is 11.1 Å². The number of hydrogen-bond acceptors (Lipinski definition) is 10. The van der Waals surface area contributed by atoms with E-state index in [1.54, 1.807) is 0 Å². The molecule has 0 aliphatic carbocycles. The zero-order chi connectivity index (χ0) is 44.2. The molecule has 64 heavy (non-hydrogen) atoms. The fourth-order valence-corrected chi connectivity index (χ4v) is 9.45. The van der Waals surface area contributed by atoms with E-state index in [1.165, 1.54) is 4.90 Å². The number of piperidine rings is 1. The lowest BCUT2D eigenvalue weighted by molar-refractivity contribution is -0.276. The number of amides is 4. The predicted molar refractivity (Wildman–Crippen MR) is 239 cm³/mol. The highest BCUT2D eigenvalue weighted by molar-refractivity contribution is 6.06. The van der Waals surface area contributed by atoms with Crippen molar-refractivity contribution in [1.82, 2.24) is 20.4 Å². The maximum atomic E-state index is 13.4. The third-order valence-electron chi connectivity index (χ3n) is 13.2. The molecule has 4 heterocycles. The Hall–Kier alpha value is -6.38. The van der Waals surface area contributed by atoms with Crippen molar-refractivity contribution in [2.75, 3.05) is 31.2 Å². The van der Waals surface area contributed by atoms with Gasteiger partial charge in [-0.15, -0.1) is 0 Å². The number of aliphatic hydroxyl groups excluding tert-OH is 1. The zero-order valence-corrected chi connectivity index (χ0v) is 35.8. The Balaban J connectivity index is 0.864. The molecule has 4 amide bonds. The molecule has 4 aliphatic rings. The number of alkyl carbamates (subject to hydrolysis) is 1. The fourth-order valence-electron chi connectivity index (χ4n) is 9.45. The van der Waals surface area contributed by atoms with Gasteiger partial charge in [-0.05, 0) is 64.4 Å². The van der Waals surface area contributed by atoms with Crippen molar-refractivity contribution in [2.45, 2.75) is 76.0 Å². The molecule has 4 fully saturated rings. The summed E-state index contributed by atoms with van der Waals surface area (Å²) in [6.07, 6.45) is -0.584. The van der Waals surface area contributed by atoms with Crippen LogP contribution < -0.4 is 15.5 Å². The number of anilines is 1. The molecule has 5 aromatic carbocycles. The standard InChI is InChI=1S/C51H53N5O8/c1-34-44(30-54-25-23-51(24-26-54)49(60)52-33-56(51)42-13-6-3-7-14-42)63-48(64-46(34)39-17-15-35(31-57)16-18-39)40-21-19-38(20-22-40)41-12-8-11-37(27-41)29-55-45(58)28-43(47(55)59)53-50(61)62-32-36-9-4-2-5-10-36/h2-22,27,34,43-44,46,48,57H,23-26,28-33H2,1H3,(H,52,60)(H,53,61)/t34-,43?,44+,46+,48+/m1/s1. The van der Waals surface area contributed by atoms with Crippen LogP contribution in [-0.2, 0) is 48.4 Å². The van der Waals surface area contributed by atoms with E-state index in [0.717, 1.165) is 57.7 Å². The molecular formula is C51H53N5O8. The van der Waals surface area contributed by atoms with E-state index >= 15 is 0 Å². The number of nitrogens with zero attached hydrogens (tertiary/aromatic N) is 3. The van der Waals surface area contributed by atoms with E-state index in [0.29, 0.717) is 26.1 Å². The van der Waals surface area contributed by atoms with Gasteiger partial charge in [0, 0.05) is 36.8 Å². The van der Waals surface area contributed by atoms with Gasteiger partial charge < -0.3 is 39.8 Å². The Morgan fingerprint density at radius 2 is 1.48 bits per heavy atom. The molecule has 5 aromatic rings. The molecule has 0 radical (unpaired) electrons. The largest absolute Gasteiger partial charge is 0.445 e. The van der Waals surface area contributed by atoms with Crippen molar-refractivity contribution in [2.24, 2.45) is 5.92 Å². The number of aliphatic hydroxyl groups is 1. The molecule has 13 nitrogen and oxygen atoms in total. The normalized spacial score (nSPS) is 23.3. The number of nitrogens with one attached hydrogen (secondary N) is 2. The maximum absolute atomic E-state index is 13.4. The van der Waals surface area contributed by atoms with Crippen molar-refractivity contribution in [3.63, 3.8) is 0 Å². The van der Waals surface area contributed by atoms with Crippen LogP contribution in [0, 0.1) is 5.92 Å². The predicted octanol–water partition coefficient (Wildman–Crippen LogP) is 6.62. The summed E-state index contributed by atoms with van der Waals surface area (Å²) in [5.41, 5.74) is 6.60. The number of imide groups is 1. The van der Waals surface area contributed by atoms with Crippen LogP contribution in [0.1, 0.15) is 66.4 Å². The molecule has 0 aromatic heterocycles. The number of ether oxygens (including phenoxy) is 3. The van der Waals surface area contributed by atoms with Gasteiger partial charge in [-0.2, -0.15) is 0 Å². The average molecular weight is 864 g/mol. The van der Waals surface area contributed by atoms with Gasteiger partial charge >= 0.3 is 6.09 Å². The Bertz CT molecular complexity index is 2440. The lowest BCUT2D eigenvalue weighted by Crippen LogP contribution is -2.57. The van der Waals surface area contributed by atoms with Gasteiger partial charge in [0.05, 0.1) is 38.4 Å². The summed E-state index contributed by atoms with van der Waals surface area (Å²) in [4.78, 5) is 57.9. The molecule has 4 saturated heterocycles. The Morgan fingerprint density at radius 1 is 0.797 bits per heavy atom. The van der Waals surface area contributed by atoms with E-state index in [2.05, 4.69) is 39.5 Å². The molecule has 1 spiro atoms. The van der Waals surface area contributed by atoms with Gasteiger partial charge in [-0.1, -0.05) is 122 Å². The average Bonchev–Trinajstić information content (AvgIpc) is 3.79. The van der Waals surface area contributed by atoms with Gasteiger partial charge in [0.15, 0.2) is 6.29 Å². The first-order valence-corrected chi connectivity index (χ1v) is 22.0. The van der Waals surface area contributed by atoms with Crippen LogP contribution in [-0.4, -0.2) is 82.7 Å². The molecule has 3 N–H and O–H groups in total. The quantitative estimate of drug-likeness (QED) is 0.117. The number of carbonyl (C=O) groups is 4. The van der Waals surface area contributed by atoms with Gasteiger partial charge in [0.1, 0.15) is 18.2 Å². The van der Waals surface area contributed by atoms with Crippen LogP contribution in [0.3, 0.4) is 0 Å². The number of rotatable bonds is 12. The minimum atomic E-state index is -0.990. The second-order valence-electron chi connectivity index (χ2n) is 17.2. The molecule has 330 valence electrons. The summed E-state index contributed by atoms with van der Waals surface area (Å²) in [6, 6.07) is 42.0. The van der Waals surface area contributed by atoms with Gasteiger partial charge in [-0.3, -0.25) is 19.3 Å². The number of hydrogen-bond donors (Lipinski definition) is 3. The van der Waals surface area contributed by atoms with E-state index in [-0.39, 0.29) is 56.1 Å². The van der Waals surface area contributed by atoms with E-state index < -0.39 is 29.9 Å². The second kappa shape index (κ2) is 18.8.